The molecule has 2 aliphatic heterocycles. The zero-order valence-electron chi connectivity index (χ0n) is 20.1. The van der Waals surface area contributed by atoms with E-state index >= 15 is 0 Å². The molecule has 1 aromatic heterocycles. The van der Waals surface area contributed by atoms with Gasteiger partial charge in [-0.2, -0.15) is 5.21 Å². The molecule has 0 radical (unpaired) electrons. The lowest BCUT2D eigenvalue weighted by molar-refractivity contribution is -0.150. The van der Waals surface area contributed by atoms with Gasteiger partial charge in [0.2, 0.25) is 5.91 Å². The molecule has 2 fully saturated rings. The van der Waals surface area contributed by atoms with Crippen molar-refractivity contribution in [1.29, 1.82) is 0 Å². The SMILES string of the molecule is CC1(C)SC2C(NC(c3ccccc3)(c3ccc(Cl)cc3)c3ccc(Cl)cc3)C(=O)N2C1c1nn[nH]n1. The number of hydrogen-bond acceptors (Lipinski definition) is 6. The van der Waals surface area contributed by atoms with Crippen molar-refractivity contribution < 1.29 is 4.79 Å². The summed E-state index contributed by atoms with van der Waals surface area (Å²) in [6, 6.07) is 24.9. The minimum absolute atomic E-state index is 0.00103. The Morgan fingerprint density at radius 3 is 2.03 bits per heavy atom. The van der Waals surface area contributed by atoms with E-state index in [4.69, 9.17) is 23.2 Å². The minimum Gasteiger partial charge on any atom is -0.315 e. The molecule has 4 aromatic rings. The van der Waals surface area contributed by atoms with E-state index in [0.717, 1.165) is 16.7 Å². The number of fused-ring (bicyclic) bond motifs is 1. The monoisotopic (exact) mass is 550 g/mol. The predicted molar refractivity (Wildman–Crippen MR) is 145 cm³/mol. The molecular formula is C27H24Cl2N6OS. The summed E-state index contributed by atoms with van der Waals surface area (Å²) in [5.41, 5.74) is 2.10. The van der Waals surface area contributed by atoms with Crippen LogP contribution in [-0.2, 0) is 10.3 Å². The maximum absolute atomic E-state index is 13.8. The van der Waals surface area contributed by atoms with Crippen LogP contribution in [-0.4, -0.2) is 47.6 Å². The summed E-state index contributed by atoms with van der Waals surface area (Å²) in [7, 11) is 0. The normalized spacial score (nSPS) is 22.5. The number of rotatable bonds is 6. The van der Waals surface area contributed by atoms with E-state index in [9.17, 15) is 4.79 Å². The van der Waals surface area contributed by atoms with Crippen LogP contribution >= 0.6 is 35.0 Å². The Morgan fingerprint density at radius 2 is 1.49 bits per heavy atom. The molecule has 0 aliphatic carbocycles. The van der Waals surface area contributed by atoms with Crippen molar-refractivity contribution in [2.45, 2.75) is 41.6 Å². The van der Waals surface area contributed by atoms with E-state index in [-0.39, 0.29) is 22.1 Å². The topological polar surface area (TPSA) is 86.8 Å². The Hall–Kier alpha value is -2.91. The molecule has 0 bridgehead atoms. The maximum atomic E-state index is 13.8. The number of aromatic nitrogens is 4. The second-order valence-electron chi connectivity index (χ2n) is 9.78. The molecule has 2 saturated heterocycles. The van der Waals surface area contributed by atoms with Crippen LogP contribution in [0.1, 0.15) is 42.4 Å². The van der Waals surface area contributed by atoms with Crippen LogP contribution in [0.15, 0.2) is 78.9 Å². The van der Waals surface area contributed by atoms with Crippen molar-refractivity contribution in [3.05, 3.63) is 111 Å². The molecule has 3 heterocycles. The van der Waals surface area contributed by atoms with Gasteiger partial charge in [0, 0.05) is 14.8 Å². The molecule has 3 aromatic carbocycles. The molecule has 3 atom stereocenters. The predicted octanol–water partition coefficient (Wildman–Crippen LogP) is 5.19. The quantitative estimate of drug-likeness (QED) is 0.253. The van der Waals surface area contributed by atoms with Crippen molar-refractivity contribution in [3.8, 4) is 0 Å². The van der Waals surface area contributed by atoms with Gasteiger partial charge in [-0.3, -0.25) is 10.1 Å². The first-order valence-electron chi connectivity index (χ1n) is 11.9. The number of thioether (sulfide) groups is 1. The lowest BCUT2D eigenvalue weighted by Crippen LogP contribution is -2.70. The summed E-state index contributed by atoms with van der Waals surface area (Å²) >= 11 is 14.3. The van der Waals surface area contributed by atoms with Crippen molar-refractivity contribution in [2.75, 3.05) is 0 Å². The highest BCUT2D eigenvalue weighted by atomic mass is 35.5. The first-order valence-corrected chi connectivity index (χ1v) is 13.5. The Morgan fingerprint density at radius 1 is 0.919 bits per heavy atom. The van der Waals surface area contributed by atoms with E-state index in [1.54, 1.807) is 11.8 Å². The minimum atomic E-state index is -0.836. The van der Waals surface area contributed by atoms with Gasteiger partial charge in [-0.05, 0) is 54.8 Å². The van der Waals surface area contributed by atoms with Gasteiger partial charge >= 0.3 is 0 Å². The smallest absolute Gasteiger partial charge is 0.244 e. The fourth-order valence-electron chi connectivity index (χ4n) is 5.52. The molecule has 188 valence electrons. The van der Waals surface area contributed by atoms with E-state index in [1.807, 2.05) is 71.6 Å². The van der Waals surface area contributed by atoms with Crippen LogP contribution in [0.3, 0.4) is 0 Å². The third-order valence-electron chi connectivity index (χ3n) is 7.18. The van der Waals surface area contributed by atoms with E-state index < -0.39 is 11.6 Å². The number of tetrazole rings is 1. The second kappa shape index (κ2) is 9.13. The lowest BCUT2D eigenvalue weighted by Gasteiger charge is -2.49. The summed E-state index contributed by atoms with van der Waals surface area (Å²) in [4.78, 5) is 15.7. The Labute approximate surface area is 228 Å². The summed E-state index contributed by atoms with van der Waals surface area (Å²) in [5, 5.41) is 19.7. The Kier molecular flexibility index (Phi) is 6.03. The summed E-state index contributed by atoms with van der Waals surface area (Å²) in [6.45, 7) is 4.23. The standard InChI is InChI=1S/C27H24Cl2N6OS/c1-26(2)22(23-31-33-34-32-23)35-24(36)21(25(35)37-26)30-27(16-6-4-3-5-7-16,17-8-12-19(28)13-9-17)18-10-14-20(29)15-11-18/h3-15,21-22,25,30H,1-2H3,(H,31,32,33,34). The molecule has 0 saturated carbocycles. The van der Waals surface area contributed by atoms with E-state index in [2.05, 4.69) is 51.9 Å². The number of β-lactam (4-membered cyclic amide) rings is 1. The number of H-pyrrole nitrogens is 1. The van der Waals surface area contributed by atoms with E-state index in [1.165, 1.54) is 0 Å². The average Bonchev–Trinajstić information content (AvgIpc) is 3.51. The van der Waals surface area contributed by atoms with Crippen LogP contribution in [0.4, 0.5) is 0 Å². The van der Waals surface area contributed by atoms with Gasteiger partial charge in [0.05, 0.1) is 5.54 Å². The number of carbonyl (C=O) groups is 1. The maximum Gasteiger partial charge on any atom is 0.244 e. The van der Waals surface area contributed by atoms with Crippen LogP contribution in [0.5, 0.6) is 0 Å². The second-order valence-corrected chi connectivity index (χ2v) is 12.4. The number of amides is 1. The molecule has 3 unspecified atom stereocenters. The highest BCUT2D eigenvalue weighted by Crippen LogP contribution is 2.57. The molecule has 1 amide bonds. The molecular weight excluding hydrogens is 527 g/mol. The lowest BCUT2D eigenvalue weighted by atomic mass is 9.76. The number of aromatic amines is 1. The summed E-state index contributed by atoms with van der Waals surface area (Å²) in [6.07, 6.45) is 0. The van der Waals surface area contributed by atoms with Gasteiger partial charge in [-0.1, -0.05) is 83.0 Å². The highest BCUT2D eigenvalue weighted by Gasteiger charge is 2.64. The molecule has 6 rings (SSSR count). The summed E-state index contributed by atoms with van der Waals surface area (Å²) < 4.78 is -0.295. The largest absolute Gasteiger partial charge is 0.315 e. The molecule has 2 aliphatic rings. The number of nitrogens with one attached hydrogen (secondary N) is 2. The first kappa shape index (κ1) is 24.4. The zero-order chi connectivity index (χ0) is 25.8. The number of nitrogens with zero attached hydrogens (tertiary/aromatic N) is 4. The third kappa shape index (κ3) is 3.94. The number of hydrogen-bond donors (Lipinski definition) is 2. The van der Waals surface area contributed by atoms with Crippen LogP contribution in [0, 0.1) is 0 Å². The van der Waals surface area contributed by atoms with Crippen molar-refractivity contribution >= 4 is 40.9 Å². The molecule has 0 spiro atoms. The van der Waals surface area contributed by atoms with Crippen LogP contribution in [0.2, 0.25) is 10.0 Å². The molecule has 7 nitrogen and oxygen atoms in total. The third-order valence-corrected chi connectivity index (χ3v) is 9.26. The van der Waals surface area contributed by atoms with E-state index in [0.29, 0.717) is 15.9 Å². The van der Waals surface area contributed by atoms with Crippen LogP contribution < -0.4 is 5.32 Å². The molecule has 2 N–H and O–H groups in total. The fourth-order valence-corrected chi connectivity index (χ4v) is 7.40. The van der Waals surface area contributed by atoms with Gasteiger partial charge in [0.1, 0.15) is 17.5 Å². The average molecular weight is 552 g/mol. The van der Waals surface area contributed by atoms with Gasteiger partial charge in [-0.25, -0.2) is 0 Å². The first-order chi connectivity index (χ1) is 17.8. The number of carbonyl (C=O) groups excluding carboxylic acids is 1. The number of benzene rings is 3. The van der Waals surface area contributed by atoms with Crippen LogP contribution in [0.25, 0.3) is 0 Å². The highest BCUT2D eigenvalue weighted by molar-refractivity contribution is 8.01. The Bertz CT molecular complexity index is 1370. The van der Waals surface area contributed by atoms with Gasteiger partial charge in [0.25, 0.3) is 0 Å². The fraction of sp³-hybridized carbons (Fsp3) is 0.259. The molecule has 37 heavy (non-hydrogen) atoms. The van der Waals surface area contributed by atoms with Gasteiger partial charge in [-0.15, -0.1) is 22.0 Å². The zero-order valence-corrected chi connectivity index (χ0v) is 22.4. The molecule has 10 heteroatoms. The van der Waals surface area contributed by atoms with Crippen molar-refractivity contribution in [1.82, 2.24) is 30.8 Å². The summed E-state index contributed by atoms with van der Waals surface area (Å²) in [5.74, 6) is 0.526. The van der Waals surface area contributed by atoms with Crippen molar-refractivity contribution in [2.24, 2.45) is 0 Å². The van der Waals surface area contributed by atoms with Gasteiger partial charge < -0.3 is 4.90 Å². The van der Waals surface area contributed by atoms with Crippen molar-refractivity contribution in [3.63, 3.8) is 0 Å². The van der Waals surface area contributed by atoms with Gasteiger partial charge in [0.15, 0.2) is 5.82 Å². The number of halogens is 2. The Balaban J connectivity index is 1.48.